The van der Waals surface area contributed by atoms with E-state index in [2.05, 4.69) is 27.7 Å². The molecule has 3 rings (SSSR count). The number of nitrogens with one attached hydrogen (secondary N) is 3. The number of carbonyl (C=O) groups excluding carboxylic acids is 1. The van der Waals surface area contributed by atoms with Crippen LogP contribution in [-0.4, -0.2) is 36.2 Å². The SMILES string of the molecule is CC(=O)Nc1ccc(CN2CCCC(Nc3ccc(N)c(C=N)c3)C2)cc1. The van der Waals surface area contributed by atoms with Crippen LogP contribution in [0.15, 0.2) is 42.5 Å². The number of carbonyl (C=O) groups is 1. The van der Waals surface area contributed by atoms with Gasteiger partial charge in [-0.25, -0.2) is 0 Å². The first-order chi connectivity index (χ1) is 13.0. The van der Waals surface area contributed by atoms with Crippen LogP contribution < -0.4 is 16.4 Å². The molecule has 1 saturated heterocycles. The van der Waals surface area contributed by atoms with Gasteiger partial charge in [-0.3, -0.25) is 9.69 Å². The van der Waals surface area contributed by atoms with Crippen LogP contribution in [0.5, 0.6) is 0 Å². The minimum absolute atomic E-state index is 0.0541. The molecule has 0 aliphatic carbocycles. The zero-order chi connectivity index (χ0) is 19.2. The van der Waals surface area contributed by atoms with Gasteiger partial charge < -0.3 is 21.8 Å². The molecule has 1 amide bonds. The number of nitrogen functional groups attached to an aromatic ring is 1. The molecule has 0 bridgehead atoms. The first-order valence-corrected chi connectivity index (χ1v) is 9.29. The number of nitrogens with two attached hydrogens (primary N) is 1. The van der Waals surface area contributed by atoms with Gasteiger partial charge in [0.25, 0.3) is 0 Å². The Morgan fingerprint density at radius 1 is 1.26 bits per heavy atom. The van der Waals surface area contributed by atoms with Crippen LogP contribution in [0, 0.1) is 5.41 Å². The lowest BCUT2D eigenvalue weighted by molar-refractivity contribution is -0.114. The molecule has 2 aromatic carbocycles. The lowest BCUT2D eigenvalue weighted by atomic mass is 10.0. The summed E-state index contributed by atoms with van der Waals surface area (Å²) in [6.45, 7) is 4.46. The first-order valence-electron chi connectivity index (χ1n) is 9.29. The number of hydrogen-bond donors (Lipinski definition) is 4. The quantitative estimate of drug-likeness (QED) is 0.467. The molecule has 1 aliphatic heterocycles. The van der Waals surface area contributed by atoms with Crippen molar-refractivity contribution in [3.8, 4) is 0 Å². The number of hydrogen-bond acceptors (Lipinski definition) is 5. The lowest BCUT2D eigenvalue weighted by Crippen LogP contribution is -2.41. The first kappa shape index (κ1) is 18.9. The number of amides is 1. The Morgan fingerprint density at radius 3 is 2.70 bits per heavy atom. The van der Waals surface area contributed by atoms with Crippen molar-refractivity contribution in [1.29, 1.82) is 5.41 Å². The fraction of sp³-hybridized carbons (Fsp3) is 0.333. The Labute approximate surface area is 160 Å². The van der Waals surface area contributed by atoms with Gasteiger partial charge in [0.1, 0.15) is 0 Å². The van der Waals surface area contributed by atoms with Crippen LogP contribution >= 0.6 is 0 Å². The van der Waals surface area contributed by atoms with E-state index in [4.69, 9.17) is 11.1 Å². The summed E-state index contributed by atoms with van der Waals surface area (Å²) >= 11 is 0. The Hall–Kier alpha value is -2.86. The van der Waals surface area contributed by atoms with E-state index in [0.717, 1.165) is 49.4 Å². The van der Waals surface area contributed by atoms with Crippen molar-refractivity contribution in [3.63, 3.8) is 0 Å². The highest BCUT2D eigenvalue weighted by Crippen LogP contribution is 2.21. The number of benzene rings is 2. The fourth-order valence-electron chi connectivity index (χ4n) is 3.50. The largest absolute Gasteiger partial charge is 0.398 e. The topological polar surface area (TPSA) is 94.2 Å². The third-order valence-corrected chi connectivity index (χ3v) is 4.80. The summed E-state index contributed by atoms with van der Waals surface area (Å²) in [6.07, 6.45) is 3.56. The smallest absolute Gasteiger partial charge is 0.221 e. The van der Waals surface area contributed by atoms with Crippen molar-refractivity contribution in [3.05, 3.63) is 53.6 Å². The average molecular weight is 365 g/mol. The van der Waals surface area contributed by atoms with Crippen LogP contribution in [0.25, 0.3) is 0 Å². The zero-order valence-electron chi connectivity index (χ0n) is 15.7. The van der Waals surface area contributed by atoms with E-state index in [9.17, 15) is 4.79 Å². The van der Waals surface area contributed by atoms with Crippen molar-refractivity contribution < 1.29 is 4.79 Å². The summed E-state index contributed by atoms with van der Waals surface area (Å²) in [5, 5.41) is 13.8. The van der Waals surface area contributed by atoms with E-state index < -0.39 is 0 Å². The van der Waals surface area contributed by atoms with Gasteiger partial charge in [-0.2, -0.15) is 0 Å². The van der Waals surface area contributed by atoms with Crippen molar-refractivity contribution >= 4 is 29.2 Å². The fourth-order valence-corrected chi connectivity index (χ4v) is 3.50. The Kier molecular flexibility index (Phi) is 6.08. The molecular formula is C21H27N5O. The molecule has 0 spiro atoms. The van der Waals surface area contributed by atoms with Gasteiger partial charge in [0, 0.05) is 54.9 Å². The summed E-state index contributed by atoms with van der Waals surface area (Å²) in [6, 6.07) is 14.2. The third-order valence-electron chi connectivity index (χ3n) is 4.80. The molecule has 0 aromatic heterocycles. The van der Waals surface area contributed by atoms with E-state index in [0.29, 0.717) is 11.7 Å². The Morgan fingerprint density at radius 2 is 2.00 bits per heavy atom. The van der Waals surface area contributed by atoms with E-state index in [1.54, 1.807) is 0 Å². The molecule has 1 aliphatic rings. The van der Waals surface area contributed by atoms with E-state index >= 15 is 0 Å². The zero-order valence-corrected chi connectivity index (χ0v) is 15.7. The molecule has 6 nitrogen and oxygen atoms in total. The predicted octanol–water partition coefficient (Wildman–Crippen LogP) is 3.30. The maximum Gasteiger partial charge on any atom is 0.221 e. The van der Waals surface area contributed by atoms with Crippen molar-refractivity contribution in [1.82, 2.24) is 4.90 Å². The standard InChI is InChI=1S/C21H27N5O/c1-15(27)24-18-6-4-16(5-7-18)13-26-10-2-3-20(14-26)25-19-8-9-21(23)17(11-19)12-22/h4-9,11-12,20,22,25H,2-3,10,13-14,23H2,1H3,(H,24,27). The molecule has 5 N–H and O–H groups in total. The summed E-state index contributed by atoms with van der Waals surface area (Å²) in [5.74, 6) is -0.0541. The highest BCUT2D eigenvalue weighted by atomic mass is 16.1. The maximum absolute atomic E-state index is 11.1. The number of likely N-dealkylation sites (tertiary alicyclic amines) is 1. The molecule has 27 heavy (non-hydrogen) atoms. The van der Waals surface area contributed by atoms with Crippen LogP contribution in [0.2, 0.25) is 0 Å². The van der Waals surface area contributed by atoms with Crippen molar-refractivity contribution in [2.24, 2.45) is 0 Å². The molecule has 1 atom stereocenters. The summed E-state index contributed by atoms with van der Waals surface area (Å²) in [5.41, 5.74) is 10.3. The van der Waals surface area contributed by atoms with Gasteiger partial charge in [-0.15, -0.1) is 0 Å². The second-order valence-electron chi connectivity index (χ2n) is 7.08. The lowest BCUT2D eigenvalue weighted by Gasteiger charge is -2.33. The number of piperidine rings is 1. The van der Waals surface area contributed by atoms with E-state index in [-0.39, 0.29) is 5.91 Å². The number of nitrogens with zero attached hydrogens (tertiary/aromatic N) is 1. The molecule has 0 radical (unpaired) electrons. The third kappa shape index (κ3) is 5.31. The van der Waals surface area contributed by atoms with Gasteiger partial charge in [0.15, 0.2) is 0 Å². The summed E-state index contributed by atoms with van der Waals surface area (Å²) < 4.78 is 0. The minimum Gasteiger partial charge on any atom is -0.398 e. The number of anilines is 3. The second-order valence-corrected chi connectivity index (χ2v) is 7.08. The van der Waals surface area contributed by atoms with Crippen molar-refractivity contribution in [2.75, 3.05) is 29.5 Å². The molecule has 1 heterocycles. The minimum atomic E-state index is -0.0541. The molecule has 142 valence electrons. The second kappa shape index (κ2) is 8.68. The molecule has 2 aromatic rings. The summed E-state index contributed by atoms with van der Waals surface area (Å²) in [4.78, 5) is 13.6. The van der Waals surface area contributed by atoms with Gasteiger partial charge in [-0.05, 0) is 55.3 Å². The number of rotatable bonds is 6. The van der Waals surface area contributed by atoms with Gasteiger partial charge in [0.2, 0.25) is 5.91 Å². The molecule has 6 heteroatoms. The maximum atomic E-state index is 11.1. The van der Waals surface area contributed by atoms with Crippen LogP contribution in [0.1, 0.15) is 30.9 Å². The van der Waals surface area contributed by atoms with Crippen LogP contribution in [0.3, 0.4) is 0 Å². The van der Waals surface area contributed by atoms with Gasteiger partial charge in [-0.1, -0.05) is 12.1 Å². The predicted molar refractivity (Wildman–Crippen MR) is 111 cm³/mol. The monoisotopic (exact) mass is 365 g/mol. The highest BCUT2D eigenvalue weighted by molar-refractivity contribution is 5.88. The average Bonchev–Trinajstić information content (AvgIpc) is 2.65. The van der Waals surface area contributed by atoms with E-state index in [1.165, 1.54) is 18.7 Å². The normalized spacial score (nSPS) is 17.3. The Bertz CT molecular complexity index is 803. The molecule has 0 saturated carbocycles. The van der Waals surface area contributed by atoms with Crippen LogP contribution in [-0.2, 0) is 11.3 Å². The molecular weight excluding hydrogens is 338 g/mol. The molecule has 1 fully saturated rings. The van der Waals surface area contributed by atoms with Crippen molar-refractivity contribution in [2.45, 2.75) is 32.4 Å². The highest BCUT2D eigenvalue weighted by Gasteiger charge is 2.20. The molecule has 1 unspecified atom stereocenters. The Balaban J connectivity index is 1.57. The van der Waals surface area contributed by atoms with Gasteiger partial charge >= 0.3 is 0 Å². The van der Waals surface area contributed by atoms with Crippen LogP contribution in [0.4, 0.5) is 17.1 Å². The summed E-state index contributed by atoms with van der Waals surface area (Å²) in [7, 11) is 0. The van der Waals surface area contributed by atoms with E-state index in [1.807, 2.05) is 30.3 Å². The van der Waals surface area contributed by atoms with Gasteiger partial charge in [0.05, 0.1) is 0 Å².